The third-order valence-corrected chi connectivity index (χ3v) is 5.37. The average molecular weight is 315 g/mol. The summed E-state index contributed by atoms with van der Waals surface area (Å²) in [4.78, 5) is 10.8. The molecule has 1 aliphatic heterocycles. The van der Waals surface area contributed by atoms with E-state index in [1.54, 1.807) is 0 Å². The highest BCUT2D eigenvalue weighted by Crippen LogP contribution is 2.24. The second-order valence-electron chi connectivity index (χ2n) is 4.70. The normalized spacial score (nSPS) is 23.3. The first kappa shape index (κ1) is 15.9. The van der Waals surface area contributed by atoms with E-state index in [0.29, 0.717) is 0 Å². The number of sulfonamides is 1. The molecule has 8 heteroatoms. The molecule has 0 aromatic heterocycles. The highest BCUT2D eigenvalue weighted by atomic mass is 32.2. The van der Waals surface area contributed by atoms with E-state index in [2.05, 4.69) is 0 Å². The van der Waals surface area contributed by atoms with Gasteiger partial charge in [0.05, 0.1) is 22.7 Å². The van der Waals surface area contributed by atoms with Crippen LogP contribution in [-0.4, -0.2) is 63.3 Å². The molecule has 2 rings (SSSR count). The number of benzene rings is 1. The van der Waals surface area contributed by atoms with Gasteiger partial charge in [0.15, 0.2) is 0 Å². The summed E-state index contributed by atoms with van der Waals surface area (Å²) in [6, 6.07) is 5.13. The lowest BCUT2D eigenvalue weighted by molar-refractivity contribution is -0.00461. The predicted molar refractivity (Wildman–Crippen MR) is 73.8 cm³/mol. The van der Waals surface area contributed by atoms with E-state index in [4.69, 9.17) is 14.6 Å². The molecule has 0 saturated carbocycles. The Kier molecular flexibility index (Phi) is 4.62. The Hall–Kier alpha value is -1.48. The number of aromatic carboxylic acids is 1. The average Bonchev–Trinajstić information content (AvgIpc) is 2.91. The molecule has 1 fully saturated rings. The van der Waals surface area contributed by atoms with Gasteiger partial charge in [-0.2, -0.15) is 4.31 Å². The maximum Gasteiger partial charge on any atom is 0.335 e. The Morgan fingerprint density at radius 1 is 1.14 bits per heavy atom. The summed E-state index contributed by atoms with van der Waals surface area (Å²) in [5, 5.41) is 8.83. The zero-order chi connectivity index (χ0) is 15.6. The summed E-state index contributed by atoms with van der Waals surface area (Å²) in [6.07, 6.45) is -0.633. The fourth-order valence-corrected chi connectivity index (χ4v) is 3.74. The smallest absolute Gasteiger partial charge is 0.335 e. The summed E-state index contributed by atoms with van der Waals surface area (Å²) >= 11 is 0. The van der Waals surface area contributed by atoms with Crippen molar-refractivity contribution in [3.05, 3.63) is 29.8 Å². The van der Waals surface area contributed by atoms with Crippen LogP contribution in [-0.2, 0) is 19.5 Å². The molecule has 0 aliphatic carbocycles. The summed E-state index contributed by atoms with van der Waals surface area (Å²) in [5.74, 6) is -1.10. The zero-order valence-corrected chi connectivity index (χ0v) is 12.5. The fraction of sp³-hybridized carbons (Fsp3) is 0.462. The van der Waals surface area contributed by atoms with Crippen molar-refractivity contribution in [1.82, 2.24) is 4.31 Å². The van der Waals surface area contributed by atoms with E-state index in [0.717, 1.165) is 0 Å². The van der Waals surface area contributed by atoms with E-state index in [1.807, 2.05) is 0 Å². The van der Waals surface area contributed by atoms with Gasteiger partial charge in [-0.05, 0) is 24.3 Å². The number of nitrogens with zero attached hydrogens (tertiary/aromatic N) is 1. The first-order chi connectivity index (χ1) is 9.90. The van der Waals surface area contributed by atoms with Crippen LogP contribution in [0.1, 0.15) is 10.4 Å². The number of rotatable bonds is 5. The van der Waals surface area contributed by atoms with E-state index in [9.17, 15) is 13.2 Å². The first-order valence-corrected chi connectivity index (χ1v) is 7.73. The molecule has 1 saturated heterocycles. The maximum absolute atomic E-state index is 12.5. The third kappa shape index (κ3) is 3.08. The molecule has 21 heavy (non-hydrogen) atoms. The molecular weight excluding hydrogens is 298 g/mol. The van der Waals surface area contributed by atoms with E-state index in [1.165, 1.54) is 42.8 Å². The van der Waals surface area contributed by atoms with Crippen molar-refractivity contribution in [2.75, 3.05) is 27.3 Å². The van der Waals surface area contributed by atoms with Crippen molar-refractivity contribution in [1.29, 1.82) is 0 Å². The summed E-state index contributed by atoms with van der Waals surface area (Å²) < 4.78 is 36.7. The van der Waals surface area contributed by atoms with Gasteiger partial charge in [0, 0.05) is 27.3 Å². The van der Waals surface area contributed by atoms with Gasteiger partial charge in [0.1, 0.15) is 0 Å². The molecule has 2 atom stereocenters. The molecule has 1 aliphatic rings. The van der Waals surface area contributed by atoms with Crippen LogP contribution in [0.25, 0.3) is 0 Å². The fourth-order valence-electron chi connectivity index (χ4n) is 2.28. The van der Waals surface area contributed by atoms with Gasteiger partial charge in [-0.1, -0.05) is 0 Å². The quantitative estimate of drug-likeness (QED) is 0.846. The lowest BCUT2D eigenvalue weighted by Crippen LogP contribution is -2.30. The molecule has 1 N–H and O–H groups in total. The Balaban J connectivity index is 2.24. The second kappa shape index (κ2) is 6.10. The number of carbonyl (C=O) groups is 1. The topological polar surface area (TPSA) is 93.1 Å². The van der Waals surface area contributed by atoms with Crippen molar-refractivity contribution in [2.45, 2.75) is 17.1 Å². The Morgan fingerprint density at radius 2 is 1.62 bits per heavy atom. The van der Waals surface area contributed by atoms with Crippen LogP contribution in [0.3, 0.4) is 0 Å². The number of hydrogen-bond acceptors (Lipinski definition) is 5. The van der Waals surface area contributed by atoms with Crippen LogP contribution in [0.4, 0.5) is 0 Å². The first-order valence-electron chi connectivity index (χ1n) is 6.29. The number of hydrogen-bond donors (Lipinski definition) is 1. The number of ether oxygens (including phenoxy) is 2. The van der Waals surface area contributed by atoms with Crippen LogP contribution in [0.5, 0.6) is 0 Å². The van der Waals surface area contributed by atoms with Crippen LogP contribution in [0.2, 0.25) is 0 Å². The molecule has 0 amide bonds. The van der Waals surface area contributed by atoms with Crippen LogP contribution in [0, 0.1) is 0 Å². The van der Waals surface area contributed by atoms with Gasteiger partial charge in [-0.25, -0.2) is 13.2 Å². The van der Waals surface area contributed by atoms with Crippen LogP contribution in [0.15, 0.2) is 29.2 Å². The Labute approximate surface area is 123 Å². The standard InChI is InChI=1S/C13H17NO6S/c1-19-11-7-14(8-12(11)20-2)21(17,18)10-5-3-9(4-6-10)13(15)16/h3-6,11-12H,7-8H2,1-2H3,(H,15,16). The van der Waals surface area contributed by atoms with Crippen molar-refractivity contribution in [2.24, 2.45) is 0 Å². The minimum Gasteiger partial charge on any atom is -0.478 e. The predicted octanol–water partition coefficient (Wildman–Crippen LogP) is 0.419. The third-order valence-electron chi connectivity index (χ3n) is 3.53. The molecule has 0 bridgehead atoms. The molecular formula is C13H17NO6S. The second-order valence-corrected chi connectivity index (χ2v) is 6.64. The SMILES string of the molecule is COC1CN(S(=O)(=O)c2ccc(C(=O)O)cc2)CC1OC. The van der Waals surface area contributed by atoms with Crippen molar-refractivity contribution >= 4 is 16.0 Å². The maximum atomic E-state index is 12.5. The van der Waals surface area contributed by atoms with E-state index in [-0.39, 0.29) is 35.8 Å². The molecule has 116 valence electrons. The summed E-state index contributed by atoms with van der Waals surface area (Å²) in [6.45, 7) is 0.413. The minimum atomic E-state index is -3.69. The van der Waals surface area contributed by atoms with E-state index < -0.39 is 16.0 Å². The summed E-state index contributed by atoms with van der Waals surface area (Å²) in [7, 11) is -0.670. The highest BCUT2D eigenvalue weighted by Gasteiger charge is 2.39. The van der Waals surface area contributed by atoms with Gasteiger partial charge in [-0.15, -0.1) is 0 Å². The van der Waals surface area contributed by atoms with Crippen LogP contribution < -0.4 is 0 Å². The zero-order valence-electron chi connectivity index (χ0n) is 11.7. The number of carboxylic acid groups (broad SMARTS) is 1. The number of carboxylic acids is 1. The highest BCUT2D eigenvalue weighted by molar-refractivity contribution is 7.89. The largest absolute Gasteiger partial charge is 0.478 e. The van der Waals surface area contributed by atoms with Gasteiger partial charge in [-0.3, -0.25) is 0 Å². The van der Waals surface area contributed by atoms with Crippen molar-refractivity contribution in [3.63, 3.8) is 0 Å². The molecule has 7 nitrogen and oxygen atoms in total. The van der Waals surface area contributed by atoms with Gasteiger partial charge in [0.2, 0.25) is 10.0 Å². The van der Waals surface area contributed by atoms with Crippen molar-refractivity contribution in [3.8, 4) is 0 Å². The minimum absolute atomic E-state index is 0.0416. The Morgan fingerprint density at radius 3 is 2.00 bits per heavy atom. The van der Waals surface area contributed by atoms with Crippen LogP contribution >= 0.6 is 0 Å². The van der Waals surface area contributed by atoms with Crippen molar-refractivity contribution < 1.29 is 27.8 Å². The van der Waals surface area contributed by atoms with Gasteiger partial charge < -0.3 is 14.6 Å². The molecule has 1 aromatic rings. The molecule has 1 heterocycles. The molecule has 0 spiro atoms. The monoisotopic (exact) mass is 315 g/mol. The molecule has 0 radical (unpaired) electrons. The molecule has 1 aromatic carbocycles. The van der Waals surface area contributed by atoms with E-state index >= 15 is 0 Å². The van der Waals surface area contributed by atoms with Gasteiger partial charge >= 0.3 is 5.97 Å². The van der Waals surface area contributed by atoms with Gasteiger partial charge in [0.25, 0.3) is 0 Å². The Bertz CT molecular complexity index is 600. The lowest BCUT2D eigenvalue weighted by atomic mass is 10.2. The summed E-state index contributed by atoms with van der Waals surface area (Å²) in [5.41, 5.74) is 0.0416. The number of methoxy groups -OCH3 is 2. The lowest BCUT2D eigenvalue weighted by Gasteiger charge is -2.16. The molecule has 2 unspecified atom stereocenters.